The van der Waals surface area contributed by atoms with Crippen LogP contribution in [-0.4, -0.2) is 32.9 Å². The highest BCUT2D eigenvalue weighted by Gasteiger charge is 2.21. The van der Waals surface area contributed by atoms with Crippen LogP contribution in [0.25, 0.3) is 16.9 Å². The van der Waals surface area contributed by atoms with Crippen molar-refractivity contribution in [3.63, 3.8) is 0 Å². The molecule has 1 saturated heterocycles. The maximum absolute atomic E-state index is 13.1. The smallest absolute Gasteiger partial charge is 0.177 e. The van der Waals surface area contributed by atoms with E-state index < -0.39 is 0 Å². The van der Waals surface area contributed by atoms with Crippen molar-refractivity contribution in [2.24, 2.45) is 0 Å². The van der Waals surface area contributed by atoms with Crippen LogP contribution in [0.2, 0.25) is 0 Å². The number of nitrogens with zero attached hydrogens (tertiary/aromatic N) is 4. The summed E-state index contributed by atoms with van der Waals surface area (Å²) < 4.78 is 14.9. The first-order valence-corrected chi connectivity index (χ1v) is 7.50. The molecule has 1 aromatic carbocycles. The van der Waals surface area contributed by atoms with E-state index in [9.17, 15) is 4.39 Å². The monoisotopic (exact) mass is 297 g/mol. The molecule has 1 aliphatic rings. The minimum atomic E-state index is -0.246. The van der Waals surface area contributed by atoms with Crippen molar-refractivity contribution < 1.29 is 4.39 Å². The Kier molecular flexibility index (Phi) is 3.31. The molecule has 0 amide bonds. The van der Waals surface area contributed by atoms with Gasteiger partial charge in [0.25, 0.3) is 0 Å². The average molecular weight is 297 g/mol. The van der Waals surface area contributed by atoms with E-state index in [0.29, 0.717) is 5.92 Å². The molecule has 112 valence electrons. The fraction of sp³-hybridized carbons (Fsp3) is 0.312. The first-order valence-electron chi connectivity index (χ1n) is 7.50. The molecule has 0 radical (unpaired) electrons. The van der Waals surface area contributed by atoms with Gasteiger partial charge in [0.15, 0.2) is 11.5 Å². The molecule has 5 nitrogen and oxygen atoms in total. The maximum Gasteiger partial charge on any atom is 0.177 e. The van der Waals surface area contributed by atoms with Gasteiger partial charge in [0.1, 0.15) is 5.82 Å². The van der Waals surface area contributed by atoms with E-state index in [1.54, 1.807) is 12.1 Å². The van der Waals surface area contributed by atoms with Gasteiger partial charge in [-0.05, 0) is 62.3 Å². The fourth-order valence-electron chi connectivity index (χ4n) is 2.91. The zero-order chi connectivity index (χ0) is 14.9. The molecule has 4 rings (SSSR count). The number of fused-ring (bicyclic) bond motifs is 1. The quantitative estimate of drug-likeness (QED) is 0.789. The van der Waals surface area contributed by atoms with Crippen molar-refractivity contribution in [2.45, 2.75) is 18.8 Å². The van der Waals surface area contributed by atoms with E-state index in [1.807, 2.05) is 16.6 Å². The minimum absolute atomic E-state index is 0.246. The van der Waals surface area contributed by atoms with Gasteiger partial charge >= 0.3 is 0 Å². The lowest BCUT2D eigenvalue weighted by molar-refractivity contribution is 0.439. The molecule has 0 unspecified atom stereocenters. The van der Waals surface area contributed by atoms with Crippen LogP contribution in [0.1, 0.15) is 24.6 Å². The van der Waals surface area contributed by atoms with Gasteiger partial charge < -0.3 is 5.32 Å². The molecule has 6 heteroatoms. The van der Waals surface area contributed by atoms with Gasteiger partial charge in [0, 0.05) is 11.5 Å². The summed E-state index contributed by atoms with van der Waals surface area (Å²) >= 11 is 0. The van der Waals surface area contributed by atoms with Crippen molar-refractivity contribution in [2.75, 3.05) is 13.1 Å². The van der Waals surface area contributed by atoms with Crippen LogP contribution < -0.4 is 5.32 Å². The van der Waals surface area contributed by atoms with Crippen molar-refractivity contribution in [1.82, 2.24) is 25.1 Å². The SMILES string of the molecule is Fc1ccc(-c2ccc3nnc(C4CCNCC4)n3n2)cc1. The summed E-state index contributed by atoms with van der Waals surface area (Å²) in [4.78, 5) is 0. The Hall–Kier alpha value is -2.34. The van der Waals surface area contributed by atoms with E-state index in [-0.39, 0.29) is 5.82 Å². The van der Waals surface area contributed by atoms with Crippen molar-refractivity contribution >= 4 is 5.65 Å². The Bertz CT molecular complexity index is 790. The molecule has 1 N–H and O–H groups in total. The highest BCUT2D eigenvalue weighted by molar-refractivity contribution is 5.60. The van der Waals surface area contributed by atoms with E-state index >= 15 is 0 Å². The molecule has 2 aromatic heterocycles. The maximum atomic E-state index is 13.1. The highest BCUT2D eigenvalue weighted by atomic mass is 19.1. The Labute approximate surface area is 127 Å². The van der Waals surface area contributed by atoms with E-state index in [4.69, 9.17) is 0 Å². The highest BCUT2D eigenvalue weighted by Crippen LogP contribution is 2.25. The van der Waals surface area contributed by atoms with Gasteiger partial charge in [0.2, 0.25) is 0 Å². The molecule has 0 spiro atoms. The normalized spacial score (nSPS) is 16.2. The lowest BCUT2D eigenvalue weighted by Gasteiger charge is -2.20. The van der Waals surface area contributed by atoms with Crippen LogP contribution in [0.5, 0.6) is 0 Å². The zero-order valence-corrected chi connectivity index (χ0v) is 12.0. The minimum Gasteiger partial charge on any atom is -0.317 e. The fourth-order valence-corrected chi connectivity index (χ4v) is 2.91. The Morgan fingerprint density at radius 2 is 1.77 bits per heavy atom. The van der Waals surface area contributed by atoms with Crippen LogP contribution in [-0.2, 0) is 0 Å². The second-order valence-corrected chi connectivity index (χ2v) is 5.58. The third kappa shape index (κ3) is 2.35. The summed E-state index contributed by atoms with van der Waals surface area (Å²) in [5, 5.41) is 16.6. The summed E-state index contributed by atoms with van der Waals surface area (Å²) in [5.41, 5.74) is 2.43. The molecule has 0 bridgehead atoms. The number of nitrogens with one attached hydrogen (secondary N) is 1. The van der Waals surface area contributed by atoms with Crippen LogP contribution in [0, 0.1) is 5.82 Å². The number of hydrogen-bond donors (Lipinski definition) is 1. The Morgan fingerprint density at radius 1 is 1.00 bits per heavy atom. The molecule has 0 atom stereocenters. The van der Waals surface area contributed by atoms with Crippen LogP contribution in [0.4, 0.5) is 4.39 Å². The Morgan fingerprint density at radius 3 is 2.55 bits per heavy atom. The van der Waals surface area contributed by atoms with Crippen LogP contribution >= 0.6 is 0 Å². The largest absolute Gasteiger partial charge is 0.317 e. The average Bonchev–Trinajstić information content (AvgIpc) is 2.99. The number of rotatable bonds is 2. The molecule has 0 aliphatic carbocycles. The number of piperidine rings is 1. The van der Waals surface area contributed by atoms with Gasteiger partial charge in [-0.3, -0.25) is 0 Å². The van der Waals surface area contributed by atoms with Crippen LogP contribution in [0.3, 0.4) is 0 Å². The summed E-state index contributed by atoms with van der Waals surface area (Å²) in [6, 6.07) is 10.2. The topological polar surface area (TPSA) is 55.1 Å². The molecular formula is C16H16FN5. The lowest BCUT2D eigenvalue weighted by atomic mass is 9.97. The summed E-state index contributed by atoms with van der Waals surface area (Å²) in [7, 11) is 0. The number of aromatic nitrogens is 4. The molecule has 0 saturated carbocycles. The predicted molar refractivity (Wildman–Crippen MR) is 81.0 cm³/mol. The van der Waals surface area contributed by atoms with Gasteiger partial charge in [-0.1, -0.05) is 0 Å². The first kappa shape index (κ1) is 13.3. The lowest BCUT2D eigenvalue weighted by Crippen LogP contribution is -2.27. The summed E-state index contributed by atoms with van der Waals surface area (Å²) in [5.74, 6) is 1.05. The first-order chi connectivity index (χ1) is 10.8. The predicted octanol–water partition coefficient (Wildman–Crippen LogP) is 2.40. The van der Waals surface area contributed by atoms with Gasteiger partial charge in [-0.2, -0.15) is 9.61 Å². The standard InChI is InChI=1S/C16H16FN5/c17-13-3-1-11(2-4-13)14-5-6-15-19-20-16(22(15)21-14)12-7-9-18-10-8-12/h1-6,12,18H,7-10H2. The van der Waals surface area contributed by atoms with E-state index in [0.717, 1.165) is 48.7 Å². The molecule has 1 aliphatic heterocycles. The number of benzene rings is 1. The van der Waals surface area contributed by atoms with Crippen LogP contribution in [0.15, 0.2) is 36.4 Å². The molecule has 22 heavy (non-hydrogen) atoms. The second-order valence-electron chi connectivity index (χ2n) is 5.58. The number of halogens is 1. The van der Waals surface area contributed by atoms with Crippen molar-refractivity contribution in [1.29, 1.82) is 0 Å². The van der Waals surface area contributed by atoms with E-state index in [1.165, 1.54) is 12.1 Å². The molecule has 3 heterocycles. The van der Waals surface area contributed by atoms with Gasteiger partial charge in [-0.15, -0.1) is 10.2 Å². The van der Waals surface area contributed by atoms with E-state index in [2.05, 4.69) is 20.6 Å². The van der Waals surface area contributed by atoms with Gasteiger partial charge in [-0.25, -0.2) is 4.39 Å². The summed E-state index contributed by atoms with van der Waals surface area (Å²) in [6.45, 7) is 1.99. The van der Waals surface area contributed by atoms with Crippen molar-refractivity contribution in [3.05, 3.63) is 48.0 Å². The number of hydrogen-bond acceptors (Lipinski definition) is 4. The zero-order valence-electron chi connectivity index (χ0n) is 12.0. The third-order valence-electron chi connectivity index (χ3n) is 4.13. The van der Waals surface area contributed by atoms with Crippen molar-refractivity contribution in [3.8, 4) is 11.3 Å². The molecule has 1 fully saturated rings. The summed E-state index contributed by atoms with van der Waals surface area (Å²) in [6.07, 6.45) is 2.09. The van der Waals surface area contributed by atoms with Gasteiger partial charge in [0.05, 0.1) is 5.69 Å². The third-order valence-corrected chi connectivity index (χ3v) is 4.13. The second kappa shape index (κ2) is 5.46. The Balaban J connectivity index is 1.77. The molecular weight excluding hydrogens is 281 g/mol. The molecule has 3 aromatic rings.